The number of hydrogen-bond acceptors (Lipinski definition) is 2. The van der Waals surface area contributed by atoms with E-state index in [2.05, 4.69) is 30.3 Å². The molecule has 1 fully saturated rings. The van der Waals surface area contributed by atoms with Gasteiger partial charge in [0.1, 0.15) is 6.73 Å². The molecule has 0 saturated heterocycles. The van der Waals surface area contributed by atoms with Crippen LogP contribution in [0.2, 0.25) is 25.7 Å². The van der Waals surface area contributed by atoms with Crippen molar-refractivity contribution in [3.05, 3.63) is 23.8 Å². The number of hydrogen-bond donors (Lipinski definition) is 0. The predicted octanol–water partition coefficient (Wildman–Crippen LogP) is 4.64. The fraction of sp³-hybridized carbons (Fsp3) is 0.706. The highest BCUT2D eigenvalue weighted by atomic mass is 28.3. The van der Waals surface area contributed by atoms with Gasteiger partial charge in [0.05, 0.1) is 17.7 Å². The molecule has 0 aromatic carbocycles. The molecule has 1 heterocycles. The molecular formula is C17H28N2OSi. The molecule has 0 bridgehead atoms. The zero-order valence-electron chi connectivity index (χ0n) is 13.7. The van der Waals surface area contributed by atoms with Gasteiger partial charge in [0.2, 0.25) is 0 Å². The van der Waals surface area contributed by atoms with E-state index < -0.39 is 8.07 Å². The summed E-state index contributed by atoms with van der Waals surface area (Å²) in [4.78, 5) is 4.70. The van der Waals surface area contributed by atoms with Crippen LogP contribution in [0, 0.1) is 0 Å². The lowest BCUT2D eigenvalue weighted by atomic mass is 10.1. The standard InChI is InChI=1S/C17H28N2OSi/c1-21(2,3)11-10-20-13-19-12-18-16(14-8-9-14)17(19)15-6-4-5-7-15/h6,12,14H,4-5,7-11,13H2,1-3H3. The zero-order valence-corrected chi connectivity index (χ0v) is 14.7. The Morgan fingerprint density at radius 3 is 2.76 bits per heavy atom. The third kappa shape index (κ3) is 3.86. The van der Waals surface area contributed by atoms with Crippen molar-refractivity contribution in [3.63, 3.8) is 0 Å². The molecule has 0 N–H and O–H groups in total. The molecule has 1 saturated carbocycles. The molecule has 3 nitrogen and oxygen atoms in total. The van der Waals surface area contributed by atoms with Crippen molar-refractivity contribution in [2.45, 2.75) is 70.4 Å². The van der Waals surface area contributed by atoms with Crippen LogP contribution >= 0.6 is 0 Å². The lowest BCUT2D eigenvalue weighted by Crippen LogP contribution is -2.22. The first-order valence-electron chi connectivity index (χ1n) is 8.37. The number of rotatable bonds is 7. The van der Waals surface area contributed by atoms with Crippen molar-refractivity contribution in [1.29, 1.82) is 0 Å². The van der Waals surface area contributed by atoms with Gasteiger partial charge in [-0.2, -0.15) is 0 Å². The molecule has 4 heteroatoms. The number of nitrogens with zero attached hydrogens (tertiary/aromatic N) is 2. The van der Waals surface area contributed by atoms with E-state index in [1.54, 1.807) is 0 Å². The SMILES string of the molecule is C[Si](C)(C)CCOCn1cnc(C2CC2)c1C1=CCCC1. The molecule has 0 aliphatic heterocycles. The van der Waals surface area contributed by atoms with Gasteiger partial charge in [-0.3, -0.25) is 0 Å². The summed E-state index contributed by atoms with van der Waals surface area (Å²) in [5, 5.41) is 0. The smallest absolute Gasteiger partial charge is 0.124 e. The molecule has 0 atom stereocenters. The summed E-state index contributed by atoms with van der Waals surface area (Å²) < 4.78 is 8.18. The molecule has 1 aromatic rings. The second-order valence-electron chi connectivity index (χ2n) is 7.69. The Kier molecular flexibility index (Phi) is 4.36. The Morgan fingerprint density at radius 2 is 2.14 bits per heavy atom. The quantitative estimate of drug-likeness (QED) is 0.542. The monoisotopic (exact) mass is 304 g/mol. The highest BCUT2D eigenvalue weighted by molar-refractivity contribution is 6.76. The summed E-state index contributed by atoms with van der Waals surface area (Å²) in [5.74, 6) is 0.713. The molecule has 2 aliphatic rings. The van der Waals surface area contributed by atoms with Crippen molar-refractivity contribution in [2.75, 3.05) is 6.61 Å². The van der Waals surface area contributed by atoms with E-state index in [9.17, 15) is 0 Å². The van der Waals surface area contributed by atoms with E-state index in [4.69, 9.17) is 9.72 Å². The second kappa shape index (κ2) is 6.09. The third-order valence-electron chi connectivity index (χ3n) is 4.40. The molecule has 116 valence electrons. The predicted molar refractivity (Wildman–Crippen MR) is 90.1 cm³/mol. The first-order chi connectivity index (χ1) is 10.0. The van der Waals surface area contributed by atoms with Crippen LogP contribution < -0.4 is 0 Å². The van der Waals surface area contributed by atoms with Gasteiger partial charge in [0, 0.05) is 20.6 Å². The van der Waals surface area contributed by atoms with Crippen LogP contribution in [0.4, 0.5) is 0 Å². The van der Waals surface area contributed by atoms with Crippen molar-refractivity contribution in [2.24, 2.45) is 0 Å². The van der Waals surface area contributed by atoms with Crippen LogP contribution in [0.3, 0.4) is 0 Å². The Hall–Kier alpha value is -0.873. The number of imidazole rings is 1. The Balaban J connectivity index is 1.67. The molecule has 21 heavy (non-hydrogen) atoms. The van der Waals surface area contributed by atoms with Crippen LogP contribution in [-0.2, 0) is 11.5 Å². The summed E-state index contributed by atoms with van der Waals surface area (Å²) in [6.07, 6.45) is 10.8. The molecule has 0 radical (unpaired) electrons. The maximum Gasteiger partial charge on any atom is 0.124 e. The fourth-order valence-corrected chi connectivity index (χ4v) is 3.68. The molecule has 3 rings (SSSR count). The van der Waals surface area contributed by atoms with Gasteiger partial charge < -0.3 is 9.30 Å². The van der Waals surface area contributed by atoms with E-state index in [0.717, 1.165) is 6.61 Å². The Morgan fingerprint density at radius 1 is 1.33 bits per heavy atom. The lowest BCUT2D eigenvalue weighted by Gasteiger charge is -2.16. The first-order valence-corrected chi connectivity index (χ1v) is 12.1. The molecule has 1 aromatic heterocycles. The molecule has 0 amide bonds. The zero-order chi connectivity index (χ0) is 14.9. The summed E-state index contributed by atoms with van der Waals surface area (Å²) >= 11 is 0. The third-order valence-corrected chi connectivity index (χ3v) is 6.11. The van der Waals surface area contributed by atoms with Gasteiger partial charge in [-0.25, -0.2) is 4.98 Å². The summed E-state index contributed by atoms with van der Waals surface area (Å²) in [6.45, 7) is 8.73. The molecule has 2 aliphatic carbocycles. The van der Waals surface area contributed by atoms with E-state index in [-0.39, 0.29) is 0 Å². The normalized spacial score (nSPS) is 19.1. The van der Waals surface area contributed by atoms with Crippen molar-refractivity contribution in [1.82, 2.24) is 9.55 Å². The van der Waals surface area contributed by atoms with Crippen LogP contribution in [0.25, 0.3) is 5.57 Å². The highest BCUT2D eigenvalue weighted by Crippen LogP contribution is 2.43. The van der Waals surface area contributed by atoms with Crippen molar-refractivity contribution in [3.8, 4) is 0 Å². The highest BCUT2D eigenvalue weighted by Gasteiger charge is 2.31. The topological polar surface area (TPSA) is 27.1 Å². The van der Waals surface area contributed by atoms with E-state index in [0.29, 0.717) is 12.6 Å². The average Bonchev–Trinajstić information content (AvgIpc) is 2.97. The fourth-order valence-electron chi connectivity index (χ4n) is 2.93. The van der Waals surface area contributed by atoms with Crippen molar-refractivity contribution < 1.29 is 4.74 Å². The van der Waals surface area contributed by atoms with E-state index >= 15 is 0 Å². The molecular weight excluding hydrogens is 276 g/mol. The van der Waals surface area contributed by atoms with Crippen LogP contribution in [0.15, 0.2) is 12.4 Å². The number of allylic oxidation sites excluding steroid dienone is 2. The van der Waals surface area contributed by atoms with Gasteiger partial charge in [-0.1, -0.05) is 25.7 Å². The molecule has 0 unspecified atom stereocenters. The van der Waals surface area contributed by atoms with Crippen molar-refractivity contribution >= 4 is 13.6 Å². The van der Waals surface area contributed by atoms with Gasteiger partial charge in [-0.05, 0) is 43.7 Å². The van der Waals surface area contributed by atoms with E-state index in [1.807, 2.05) is 6.33 Å². The van der Waals surface area contributed by atoms with Crippen LogP contribution in [-0.4, -0.2) is 24.2 Å². The minimum Gasteiger partial charge on any atom is -0.361 e. The minimum absolute atomic E-state index is 0.664. The maximum absolute atomic E-state index is 5.94. The number of ether oxygens (including phenoxy) is 1. The summed E-state index contributed by atoms with van der Waals surface area (Å²) in [6, 6.07) is 1.23. The second-order valence-corrected chi connectivity index (χ2v) is 13.3. The van der Waals surface area contributed by atoms with Gasteiger partial charge in [-0.15, -0.1) is 0 Å². The average molecular weight is 305 g/mol. The minimum atomic E-state index is -0.999. The van der Waals surface area contributed by atoms with Crippen LogP contribution in [0.5, 0.6) is 0 Å². The van der Waals surface area contributed by atoms with Crippen LogP contribution in [0.1, 0.15) is 49.4 Å². The van der Waals surface area contributed by atoms with E-state index in [1.165, 1.54) is 55.1 Å². The van der Waals surface area contributed by atoms with Gasteiger partial charge >= 0.3 is 0 Å². The Labute approximate surface area is 129 Å². The Bertz CT molecular complexity index is 523. The first kappa shape index (κ1) is 15.0. The largest absolute Gasteiger partial charge is 0.361 e. The molecule has 0 spiro atoms. The maximum atomic E-state index is 5.94. The van der Waals surface area contributed by atoms with Gasteiger partial charge in [0.25, 0.3) is 0 Å². The lowest BCUT2D eigenvalue weighted by molar-refractivity contribution is 0.0865. The summed E-state index contributed by atoms with van der Waals surface area (Å²) in [5.41, 5.74) is 4.21. The summed E-state index contributed by atoms with van der Waals surface area (Å²) in [7, 11) is -0.999. The number of aromatic nitrogens is 2. The van der Waals surface area contributed by atoms with Gasteiger partial charge in [0.15, 0.2) is 0 Å².